The Kier molecular flexibility index (Phi) is 24.1. The lowest BCUT2D eigenvalue weighted by Crippen LogP contribution is -2.47. The molecule has 450 valence electrons. The van der Waals surface area contributed by atoms with Gasteiger partial charge in [0.2, 0.25) is 26.7 Å². The van der Waals surface area contributed by atoms with E-state index in [1.54, 1.807) is 61.4 Å². The maximum absolute atomic E-state index is 15.7. The number of hydrogen-bond donors (Lipinski definition) is 6. The van der Waals surface area contributed by atoms with Crippen LogP contribution in [0.4, 0.5) is 5.95 Å². The number of H-pyrrole nitrogens is 1. The second kappa shape index (κ2) is 31.5. The molecule has 84 heavy (non-hydrogen) atoms. The number of carbonyl (C=O) groups is 5. The number of hydrogen-bond acceptors (Lipinski definition) is 16. The predicted molar refractivity (Wildman–Crippen MR) is 317 cm³/mol. The highest BCUT2D eigenvalue weighted by molar-refractivity contribution is 7.60. The van der Waals surface area contributed by atoms with Crippen LogP contribution < -0.4 is 31.6 Å². The average Bonchev–Trinajstić information content (AvgIpc) is 3.03. The number of nitrogens with zero attached hydrogens (tertiary/aromatic N) is 4. The lowest BCUT2D eigenvalue weighted by atomic mass is 10.1. The number of carbonyl (C=O) groups excluding carboxylic acids is 5. The van der Waals surface area contributed by atoms with Crippen molar-refractivity contribution >= 4 is 61.8 Å². The third-order valence-corrected chi connectivity index (χ3v) is 18.5. The summed E-state index contributed by atoms with van der Waals surface area (Å²) in [5.41, 5.74) is 8.61. The highest BCUT2D eigenvalue weighted by Gasteiger charge is 2.41. The van der Waals surface area contributed by atoms with E-state index in [-0.39, 0.29) is 108 Å². The summed E-state index contributed by atoms with van der Waals surface area (Å²) in [6, 6.07) is 30.5. The number of anilines is 1. The maximum Gasteiger partial charge on any atom is 0.323 e. The Hall–Kier alpha value is -7.36. The van der Waals surface area contributed by atoms with E-state index in [2.05, 4.69) is 35.3 Å². The summed E-state index contributed by atoms with van der Waals surface area (Å²) < 4.78 is 61.2. The molecular formula is C59H76N10O13P2. The molecule has 1 aliphatic rings. The van der Waals surface area contributed by atoms with Crippen LogP contribution in [0.2, 0.25) is 0 Å². The molecule has 0 saturated carbocycles. The number of ether oxygens (including phenoxy) is 5. The van der Waals surface area contributed by atoms with Crippen molar-refractivity contribution in [3.63, 3.8) is 0 Å². The van der Waals surface area contributed by atoms with Crippen molar-refractivity contribution in [1.29, 1.82) is 0 Å². The molecule has 4 aromatic carbocycles. The first kappa shape index (κ1) is 64.2. The van der Waals surface area contributed by atoms with Crippen molar-refractivity contribution in [1.82, 2.24) is 44.8 Å². The summed E-state index contributed by atoms with van der Waals surface area (Å²) in [7, 11) is -8.24. The Labute approximate surface area is 488 Å². The van der Waals surface area contributed by atoms with Gasteiger partial charge in [-0.15, -0.1) is 0 Å². The van der Waals surface area contributed by atoms with Crippen LogP contribution in [0.25, 0.3) is 11.2 Å². The zero-order valence-corrected chi connectivity index (χ0v) is 49.6. The molecule has 0 unspecified atom stereocenters. The number of nitrogen functional groups attached to an aromatic ring is 1. The number of likely N-dealkylation sites (tertiary alicyclic amines) is 1. The van der Waals surface area contributed by atoms with Crippen LogP contribution in [0.15, 0.2) is 132 Å². The maximum atomic E-state index is 15.7. The van der Waals surface area contributed by atoms with Crippen molar-refractivity contribution in [3.05, 3.63) is 160 Å². The van der Waals surface area contributed by atoms with Gasteiger partial charge >= 0.3 is 23.9 Å². The first-order chi connectivity index (χ1) is 40.5. The van der Waals surface area contributed by atoms with Gasteiger partial charge < -0.3 is 38.9 Å². The molecule has 0 spiro atoms. The summed E-state index contributed by atoms with van der Waals surface area (Å²) in [6.07, 6.45) is 0.921. The van der Waals surface area contributed by atoms with E-state index in [0.29, 0.717) is 0 Å². The molecule has 25 heteroatoms. The minimum Gasteiger partial charge on any atom is -0.465 e. The normalized spacial score (nSPS) is 15.9. The third-order valence-electron chi connectivity index (χ3n) is 13.9. The van der Waals surface area contributed by atoms with Gasteiger partial charge in [0.15, 0.2) is 11.2 Å². The van der Waals surface area contributed by atoms with Gasteiger partial charge in [-0.25, -0.2) is 25.3 Å². The Morgan fingerprint density at radius 1 is 0.607 bits per heavy atom. The molecule has 0 aliphatic carbocycles. The highest BCUT2D eigenvalue weighted by atomic mass is 31.2. The van der Waals surface area contributed by atoms with Gasteiger partial charge in [-0.3, -0.25) is 42.9 Å². The molecule has 3 heterocycles. The van der Waals surface area contributed by atoms with E-state index in [4.69, 9.17) is 29.4 Å². The molecule has 6 atom stereocenters. The largest absolute Gasteiger partial charge is 0.465 e. The second-order valence-electron chi connectivity index (χ2n) is 20.1. The SMILES string of the molecule is CCOC(=O)[C@H](Cc1ccccc1)NP(=O)(CCOC[C@@H]1C[C@@H](n2cnc3c(=O)[nH]c(N)nc32)CN1C(=O)CCP(=O)(N[C@@H](Cc1ccccc1)C(=O)OCC)N[C@@H](Cc1ccccc1)C(=O)OCC)N[C@@H](Cc1ccccc1)C(=O)OCC. The molecule has 1 amide bonds. The molecule has 7 rings (SSSR count). The van der Waals surface area contributed by atoms with Gasteiger partial charge in [0.05, 0.1) is 64.2 Å². The number of nitrogens with one attached hydrogen (secondary N) is 5. The van der Waals surface area contributed by atoms with Gasteiger partial charge in [-0.2, -0.15) is 4.98 Å². The fourth-order valence-electron chi connectivity index (χ4n) is 10.0. The summed E-state index contributed by atoms with van der Waals surface area (Å²) in [4.78, 5) is 95.5. The molecular weight excluding hydrogens is 1120 g/mol. The van der Waals surface area contributed by atoms with Crippen molar-refractivity contribution in [2.45, 2.75) is 102 Å². The summed E-state index contributed by atoms with van der Waals surface area (Å²) in [5, 5.41) is 12.2. The van der Waals surface area contributed by atoms with Crippen molar-refractivity contribution in [2.75, 3.05) is 64.2 Å². The average molecular weight is 1200 g/mol. The number of rotatable bonds is 33. The lowest BCUT2D eigenvalue weighted by Gasteiger charge is -2.30. The first-order valence-electron chi connectivity index (χ1n) is 28.2. The monoisotopic (exact) mass is 1190 g/mol. The molecule has 1 fully saturated rings. The van der Waals surface area contributed by atoms with Gasteiger partial charge in [0, 0.05) is 19.1 Å². The minimum atomic E-state index is -4.19. The number of nitrogens with two attached hydrogens (primary N) is 1. The number of imidazole rings is 1. The zero-order valence-electron chi connectivity index (χ0n) is 47.8. The number of esters is 4. The smallest absolute Gasteiger partial charge is 0.323 e. The fourth-order valence-corrected chi connectivity index (χ4v) is 14.4. The number of aromatic nitrogens is 4. The summed E-state index contributed by atoms with van der Waals surface area (Å²) >= 11 is 0. The number of benzene rings is 4. The zero-order chi connectivity index (χ0) is 60.1. The van der Waals surface area contributed by atoms with E-state index >= 15 is 13.9 Å². The van der Waals surface area contributed by atoms with Crippen LogP contribution in [0, 0.1) is 0 Å². The molecule has 1 saturated heterocycles. The first-order valence-corrected chi connectivity index (χ1v) is 32.0. The molecule has 6 aromatic rings. The summed E-state index contributed by atoms with van der Waals surface area (Å²) in [6.45, 7) is 6.45. The predicted octanol–water partition coefficient (Wildman–Crippen LogP) is 5.69. The molecule has 2 aromatic heterocycles. The van der Waals surface area contributed by atoms with Crippen LogP contribution in [0.1, 0.15) is 68.8 Å². The van der Waals surface area contributed by atoms with Crippen LogP contribution in [0.5, 0.6) is 0 Å². The molecule has 0 radical (unpaired) electrons. The number of amides is 1. The highest BCUT2D eigenvalue weighted by Crippen LogP contribution is 2.42. The summed E-state index contributed by atoms with van der Waals surface area (Å²) in [5.74, 6) is -3.34. The number of aromatic amines is 1. The molecule has 23 nitrogen and oxygen atoms in total. The van der Waals surface area contributed by atoms with E-state index < -0.39 is 92.6 Å². The van der Waals surface area contributed by atoms with Gasteiger partial charge in [0.1, 0.15) is 24.2 Å². The molecule has 1 aliphatic heterocycles. The van der Waals surface area contributed by atoms with Crippen LogP contribution in [0.3, 0.4) is 0 Å². The third kappa shape index (κ3) is 18.6. The fraction of sp³-hybridized carbons (Fsp3) is 0.424. The van der Waals surface area contributed by atoms with Gasteiger partial charge in [-0.1, -0.05) is 121 Å². The van der Waals surface area contributed by atoms with E-state index in [9.17, 15) is 24.0 Å². The van der Waals surface area contributed by atoms with Gasteiger partial charge in [-0.05, 0) is 82.1 Å². The quantitative estimate of drug-likeness (QED) is 0.0125. The standard InChI is InChI=1S/C59H76N10O13P2/c1-5-79-55(72)47(33-41-21-13-9-14-22-41)64-83(76,65-48(56(73)80-6-2)34-42-23-15-10-16-24-42)31-29-51(70)68-38-45(69-40-61-52-53(69)62-59(60)63-54(52)71)37-46(68)39-78-30-32-84(77,66-49(57(74)81-7-3)35-43-25-17-11-18-26-43)67-50(58(75)82-8-4)36-44-27-19-12-20-28-44/h9-28,40,45-50H,5-8,29-39H2,1-4H3,(H2,64,65,76)(H2,66,67,77)(H3,60,62,63,71)/t45-,46+,47+,48+,49+,50+/m1/s1. The molecule has 7 N–H and O–H groups in total. The van der Waals surface area contributed by atoms with Crippen molar-refractivity contribution < 1.29 is 56.8 Å². The topological polar surface area (TPSA) is 307 Å². The van der Waals surface area contributed by atoms with Crippen LogP contribution in [-0.2, 0) is 82.5 Å². The van der Waals surface area contributed by atoms with E-state index in [1.165, 1.54) is 6.33 Å². The van der Waals surface area contributed by atoms with Crippen molar-refractivity contribution in [2.24, 2.45) is 0 Å². The second-order valence-corrected chi connectivity index (χ2v) is 25.0. The van der Waals surface area contributed by atoms with E-state index in [1.807, 2.05) is 97.1 Å². The van der Waals surface area contributed by atoms with Crippen LogP contribution >= 0.6 is 14.9 Å². The Bertz CT molecular complexity index is 3130. The van der Waals surface area contributed by atoms with Gasteiger partial charge in [0.25, 0.3) is 5.56 Å². The lowest BCUT2D eigenvalue weighted by molar-refractivity contribution is -0.146. The Morgan fingerprint density at radius 2 is 0.988 bits per heavy atom. The number of fused-ring (bicyclic) bond motifs is 1. The Morgan fingerprint density at radius 3 is 1.37 bits per heavy atom. The van der Waals surface area contributed by atoms with Crippen LogP contribution in [-0.4, -0.2) is 143 Å². The van der Waals surface area contributed by atoms with E-state index in [0.717, 1.165) is 22.3 Å². The molecule has 0 bridgehead atoms. The minimum absolute atomic E-state index is 0.0238. The van der Waals surface area contributed by atoms with Crippen molar-refractivity contribution in [3.8, 4) is 0 Å². The Balaban J connectivity index is 1.19.